The number of piperidine rings is 1. The van der Waals surface area contributed by atoms with E-state index in [1.165, 1.54) is 4.88 Å². The Morgan fingerprint density at radius 3 is 2.38 bits per heavy atom. The van der Waals surface area contributed by atoms with Crippen LogP contribution in [0.4, 0.5) is 13.2 Å². The van der Waals surface area contributed by atoms with Gasteiger partial charge in [-0.05, 0) is 49.5 Å². The first-order valence-electron chi connectivity index (χ1n) is 10.7. The van der Waals surface area contributed by atoms with Crippen LogP contribution < -0.4 is 4.74 Å². The third-order valence-electron chi connectivity index (χ3n) is 5.98. The number of halogens is 3. The Morgan fingerprint density at radius 1 is 1.18 bits per heavy atom. The molecule has 1 aromatic heterocycles. The van der Waals surface area contributed by atoms with Crippen molar-refractivity contribution in [3.8, 4) is 5.75 Å². The van der Waals surface area contributed by atoms with Gasteiger partial charge in [0.1, 0.15) is 10.6 Å². The van der Waals surface area contributed by atoms with Crippen LogP contribution in [0, 0.1) is 5.41 Å². The molecule has 7 nitrogen and oxygen atoms in total. The minimum absolute atomic E-state index is 0.122. The number of rotatable bonds is 3. The number of nitrogens with zero attached hydrogens (tertiary/aromatic N) is 2. The highest BCUT2D eigenvalue weighted by Gasteiger charge is 2.42. The van der Waals surface area contributed by atoms with Gasteiger partial charge in [0.2, 0.25) is 10.0 Å². The number of likely N-dealkylation sites (tertiary alicyclic amines) is 1. The number of aliphatic carboxylic acids is 1. The molecule has 34 heavy (non-hydrogen) atoms. The first-order valence-corrected chi connectivity index (χ1v) is 13.1. The van der Waals surface area contributed by atoms with Crippen LogP contribution >= 0.6 is 11.3 Å². The summed E-state index contributed by atoms with van der Waals surface area (Å²) in [7, 11) is -3.53. The summed E-state index contributed by atoms with van der Waals surface area (Å²) in [5.74, 6) is -2.27. The van der Waals surface area contributed by atoms with E-state index in [0.717, 1.165) is 32.5 Å². The molecule has 0 aliphatic carbocycles. The standard InChI is InChI=1S/C20H26N2O3S2.C2HF3O2/c1-2-22-15-20(9-11-21(12-10-20)14-17-6-5-13-26-17)16-25-18-7-3-4-8-19(18)27(22,23)24;3-2(4,5)1(6)7/h3-8,13H,2,9-12,14-16H2,1H3;(H,6,7). The minimum Gasteiger partial charge on any atom is -0.492 e. The van der Waals surface area contributed by atoms with E-state index in [2.05, 4.69) is 22.4 Å². The Bertz CT molecular complexity index is 1070. The summed E-state index contributed by atoms with van der Waals surface area (Å²) in [5.41, 5.74) is -0.122. The molecule has 0 unspecified atom stereocenters. The van der Waals surface area contributed by atoms with Gasteiger partial charge >= 0.3 is 12.1 Å². The minimum atomic E-state index is -5.08. The van der Waals surface area contributed by atoms with E-state index in [4.69, 9.17) is 14.6 Å². The van der Waals surface area contributed by atoms with Crippen molar-refractivity contribution in [1.82, 2.24) is 9.21 Å². The first kappa shape index (κ1) is 26.5. The number of ether oxygens (including phenoxy) is 1. The van der Waals surface area contributed by atoms with Crippen molar-refractivity contribution in [3.05, 3.63) is 46.7 Å². The van der Waals surface area contributed by atoms with Crippen LogP contribution in [0.25, 0.3) is 0 Å². The fourth-order valence-electron chi connectivity index (χ4n) is 4.05. The van der Waals surface area contributed by atoms with E-state index in [0.29, 0.717) is 25.4 Å². The zero-order chi connectivity index (χ0) is 25.0. The number of sulfonamides is 1. The summed E-state index contributed by atoms with van der Waals surface area (Å²) in [6.07, 6.45) is -3.18. The quantitative estimate of drug-likeness (QED) is 0.657. The molecule has 2 aliphatic rings. The van der Waals surface area contributed by atoms with Gasteiger partial charge in [-0.1, -0.05) is 25.1 Å². The number of carbonyl (C=O) groups is 1. The number of hydrogen-bond acceptors (Lipinski definition) is 6. The van der Waals surface area contributed by atoms with Crippen molar-refractivity contribution >= 4 is 27.3 Å². The van der Waals surface area contributed by atoms with Gasteiger partial charge in [0, 0.05) is 29.9 Å². The van der Waals surface area contributed by atoms with Crippen molar-refractivity contribution in [3.63, 3.8) is 0 Å². The van der Waals surface area contributed by atoms with Gasteiger partial charge in [-0.25, -0.2) is 13.2 Å². The monoisotopic (exact) mass is 520 g/mol. The molecule has 0 bridgehead atoms. The van der Waals surface area contributed by atoms with Crippen LogP contribution in [0.15, 0.2) is 46.7 Å². The van der Waals surface area contributed by atoms with Crippen molar-refractivity contribution < 1.29 is 36.2 Å². The normalized spacial score (nSPS) is 20.2. The van der Waals surface area contributed by atoms with Gasteiger partial charge in [-0.2, -0.15) is 17.5 Å². The highest BCUT2D eigenvalue weighted by Crippen LogP contribution is 2.39. The zero-order valence-electron chi connectivity index (χ0n) is 18.6. The zero-order valence-corrected chi connectivity index (χ0v) is 20.3. The number of thiophene rings is 1. The summed E-state index contributed by atoms with van der Waals surface area (Å²) < 4.78 is 65.7. The van der Waals surface area contributed by atoms with Gasteiger partial charge in [0.15, 0.2) is 0 Å². The van der Waals surface area contributed by atoms with E-state index < -0.39 is 22.2 Å². The highest BCUT2D eigenvalue weighted by atomic mass is 32.2. The average molecular weight is 521 g/mol. The fraction of sp³-hybridized carbons (Fsp3) is 0.500. The Hall–Kier alpha value is -2.15. The second-order valence-electron chi connectivity index (χ2n) is 8.33. The van der Waals surface area contributed by atoms with E-state index in [9.17, 15) is 21.6 Å². The van der Waals surface area contributed by atoms with Gasteiger partial charge in [0.05, 0.1) is 6.61 Å². The van der Waals surface area contributed by atoms with E-state index in [1.54, 1.807) is 33.8 Å². The van der Waals surface area contributed by atoms with Crippen LogP contribution in [0.2, 0.25) is 0 Å². The molecule has 188 valence electrons. The van der Waals surface area contributed by atoms with Crippen molar-refractivity contribution in [2.45, 2.75) is 37.4 Å². The van der Waals surface area contributed by atoms with Crippen LogP contribution in [0.1, 0.15) is 24.6 Å². The molecule has 1 fully saturated rings. The molecule has 0 amide bonds. The van der Waals surface area contributed by atoms with Crippen molar-refractivity contribution in [2.24, 2.45) is 5.41 Å². The third-order valence-corrected chi connectivity index (χ3v) is 8.81. The number of fused-ring (bicyclic) bond motifs is 1. The number of hydrogen-bond donors (Lipinski definition) is 1. The van der Waals surface area contributed by atoms with Crippen LogP contribution in [0.5, 0.6) is 5.75 Å². The summed E-state index contributed by atoms with van der Waals surface area (Å²) in [5, 5.41) is 9.24. The van der Waals surface area contributed by atoms with Gasteiger partial charge in [-0.3, -0.25) is 4.90 Å². The van der Waals surface area contributed by atoms with Crippen LogP contribution in [0.3, 0.4) is 0 Å². The molecule has 2 aromatic rings. The molecule has 1 aromatic carbocycles. The molecular formula is C22H27F3N2O5S2. The maximum absolute atomic E-state index is 13.1. The van der Waals surface area contributed by atoms with Gasteiger partial charge in [-0.15, -0.1) is 11.3 Å². The lowest BCUT2D eigenvalue weighted by Gasteiger charge is -2.44. The summed E-state index contributed by atoms with van der Waals surface area (Å²) in [6, 6.07) is 11.3. The lowest BCUT2D eigenvalue weighted by Crippen LogP contribution is -2.51. The summed E-state index contributed by atoms with van der Waals surface area (Å²) in [4.78, 5) is 13.0. The predicted octanol–water partition coefficient (Wildman–Crippen LogP) is 4.07. The number of carboxylic acid groups (broad SMARTS) is 1. The lowest BCUT2D eigenvalue weighted by molar-refractivity contribution is -0.192. The first-order chi connectivity index (χ1) is 16.0. The molecule has 0 saturated carbocycles. The second-order valence-corrected chi connectivity index (χ2v) is 11.3. The van der Waals surface area contributed by atoms with Crippen LogP contribution in [-0.2, 0) is 21.4 Å². The van der Waals surface area contributed by atoms with E-state index in [1.807, 2.05) is 13.0 Å². The number of para-hydroxylation sites is 1. The van der Waals surface area contributed by atoms with Gasteiger partial charge in [0.25, 0.3) is 0 Å². The number of alkyl halides is 3. The van der Waals surface area contributed by atoms with Crippen LogP contribution in [-0.4, -0.2) is 67.7 Å². The summed E-state index contributed by atoms with van der Waals surface area (Å²) >= 11 is 1.79. The molecule has 1 spiro atoms. The number of carboxylic acids is 1. The molecule has 2 aliphatic heterocycles. The predicted molar refractivity (Wildman–Crippen MR) is 121 cm³/mol. The fourth-order valence-corrected chi connectivity index (χ4v) is 6.49. The van der Waals surface area contributed by atoms with Crippen molar-refractivity contribution in [2.75, 3.05) is 32.8 Å². The third kappa shape index (κ3) is 6.29. The highest BCUT2D eigenvalue weighted by molar-refractivity contribution is 7.89. The number of benzene rings is 1. The second kappa shape index (κ2) is 10.6. The average Bonchev–Trinajstić information content (AvgIpc) is 3.30. The van der Waals surface area contributed by atoms with E-state index in [-0.39, 0.29) is 10.3 Å². The van der Waals surface area contributed by atoms with Gasteiger partial charge < -0.3 is 9.84 Å². The molecule has 0 radical (unpaired) electrons. The molecular weight excluding hydrogens is 493 g/mol. The molecule has 1 saturated heterocycles. The van der Waals surface area contributed by atoms with E-state index >= 15 is 0 Å². The molecule has 12 heteroatoms. The lowest BCUT2D eigenvalue weighted by atomic mass is 9.78. The topological polar surface area (TPSA) is 87.2 Å². The Kier molecular flexibility index (Phi) is 8.27. The smallest absolute Gasteiger partial charge is 0.490 e. The van der Waals surface area contributed by atoms with Crippen molar-refractivity contribution in [1.29, 1.82) is 0 Å². The Balaban J connectivity index is 0.000000406. The molecule has 3 heterocycles. The summed E-state index contributed by atoms with van der Waals surface area (Å²) in [6.45, 7) is 6.43. The molecule has 0 atom stereocenters. The Morgan fingerprint density at radius 2 is 1.82 bits per heavy atom. The SMILES string of the molecule is CCN1CC2(CCN(Cc3cccs3)CC2)COc2ccccc2S1(=O)=O.O=C(O)C(F)(F)F. The molecule has 1 N–H and O–H groups in total. The Labute approximate surface area is 200 Å². The largest absolute Gasteiger partial charge is 0.492 e. The maximum atomic E-state index is 13.1. The molecule has 4 rings (SSSR count). The maximum Gasteiger partial charge on any atom is 0.490 e.